The van der Waals surface area contributed by atoms with Crippen LogP contribution in [0.4, 0.5) is 0 Å². The number of nitrogens with one attached hydrogen (secondary N) is 2. The van der Waals surface area contributed by atoms with Gasteiger partial charge in [-0.1, -0.05) is 32.9 Å². The Hall–Kier alpha value is -2.34. The van der Waals surface area contributed by atoms with Gasteiger partial charge in [-0.3, -0.25) is 9.89 Å². The van der Waals surface area contributed by atoms with Crippen LogP contribution in [0.5, 0.6) is 5.75 Å². The van der Waals surface area contributed by atoms with Gasteiger partial charge in [-0.2, -0.15) is 5.10 Å². The van der Waals surface area contributed by atoms with Crippen LogP contribution in [-0.4, -0.2) is 34.4 Å². The topological polar surface area (TPSA) is 87.2 Å². The molecule has 6 heteroatoms. The Labute approximate surface area is 142 Å². The quantitative estimate of drug-likeness (QED) is 0.786. The zero-order chi connectivity index (χ0) is 17.9. The van der Waals surface area contributed by atoms with Crippen molar-refractivity contribution in [3.63, 3.8) is 0 Å². The van der Waals surface area contributed by atoms with Crippen molar-refractivity contribution < 1.29 is 14.6 Å². The van der Waals surface area contributed by atoms with E-state index in [1.165, 1.54) is 0 Å². The molecule has 0 aliphatic heterocycles. The molecule has 2 unspecified atom stereocenters. The highest BCUT2D eigenvalue weighted by Crippen LogP contribution is 2.22. The third-order valence-electron chi connectivity index (χ3n) is 3.91. The van der Waals surface area contributed by atoms with Gasteiger partial charge in [0.25, 0.3) is 5.91 Å². The largest absolute Gasteiger partial charge is 0.497 e. The number of carbonyl (C=O) groups excluding carboxylic acids is 1. The molecule has 2 rings (SSSR count). The van der Waals surface area contributed by atoms with Crippen LogP contribution in [0.3, 0.4) is 0 Å². The second-order valence-corrected chi connectivity index (χ2v) is 6.90. The fourth-order valence-corrected chi connectivity index (χ4v) is 2.27. The number of aromatic nitrogens is 2. The smallest absolute Gasteiger partial charge is 0.272 e. The molecular formula is C18H25N3O3. The normalized spacial score (nSPS) is 14.1. The number of carbonyl (C=O) groups is 1. The van der Waals surface area contributed by atoms with Gasteiger partial charge in [0.1, 0.15) is 11.4 Å². The Morgan fingerprint density at radius 3 is 2.42 bits per heavy atom. The average molecular weight is 331 g/mol. The third-order valence-corrected chi connectivity index (χ3v) is 3.91. The van der Waals surface area contributed by atoms with Crippen LogP contribution in [0.1, 0.15) is 55.5 Å². The monoisotopic (exact) mass is 331 g/mol. The van der Waals surface area contributed by atoms with E-state index in [1.54, 1.807) is 44.4 Å². The van der Waals surface area contributed by atoms with E-state index in [0.29, 0.717) is 17.0 Å². The van der Waals surface area contributed by atoms with Gasteiger partial charge >= 0.3 is 0 Å². The second-order valence-electron chi connectivity index (χ2n) is 6.90. The first-order valence-corrected chi connectivity index (χ1v) is 7.91. The summed E-state index contributed by atoms with van der Waals surface area (Å²) >= 11 is 0. The molecule has 0 fully saturated rings. The van der Waals surface area contributed by atoms with Crippen LogP contribution in [0.15, 0.2) is 30.3 Å². The Morgan fingerprint density at radius 2 is 1.92 bits per heavy atom. The van der Waals surface area contributed by atoms with E-state index in [9.17, 15) is 9.90 Å². The lowest BCUT2D eigenvalue weighted by atomic mass is 9.92. The minimum Gasteiger partial charge on any atom is -0.497 e. The molecule has 1 aromatic carbocycles. The van der Waals surface area contributed by atoms with Crippen molar-refractivity contribution in [3.8, 4) is 5.75 Å². The number of rotatable bonds is 5. The van der Waals surface area contributed by atoms with E-state index in [4.69, 9.17) is 4.74 Å². The number of nitrogens with zero attached hydrogens (tertiary/aromatic N) is 1. The number of benzene rings is 1. The SMILES string of the molecule is COc1ccc(C(O)C(C)NC(=O)c2cc(C(C)(C)C)[nH]n2)cc1. The van der Waals surface area contributed by atoms with E-state index in [2.05, 4.69) is 15.5 Å². The van der Waals surface area contributed by atoms with Crippen molar-refractivity contribution in [1.82, 2.24) is 15.5 Å². The zero-order valence-electron chi connectivity index (χ0n) is 14.8. The summed E-state index contributed by atoms with van der Waals surface area (Å²) in [5.74, 6) is 0.399. The van der Waals surface area contributed by atoms with Crippen LogP contribution < -0.4 is 10.1 Å². The first-order chi connectivity index (χ1) is 11.2. The Kier molecular flexibility index (Phi) is 5.29. The van der Waals surface area contributed by atoms with Crippen molar-refractivity contribution in [2.45, 2.75) is 45.3 Å². The third kappa shape index (κ3) is 4.14. The molecule has 0 saturated carbocycles. The lowest BCUT2D eigenvalue weighted by molar-refractivity contribution is 0.0847. The van der Waals surface area contributed by atoms with Gasteiger partial charge < -0.3 is 15.2 Å². The molecule has 0 aliphatic rings. The van der Waals surface area contributed by atoms with Crippen molar-refractivity contribution in [2.24, 2.45) is 0 Å². The van der Waals surface area contributed by atoms with Gasteiger partial charge in [-0.25, -0.2) is 0 Å². The van der Waals surface area contributed by atoms with Gasteiger partial charge in [0.05, 0.1) is 19.3 Å². The Morgan fingerprint density at radius 1 is 1.29 bits per heavy atom. The molecular weight excluding hydrogens is 306 g/mol. The molecule has 0 radical (unpaired) electrons. The molecule has 0 saturated heterocycles. The van der Waals surface area contributed by atoms with Crippen LogP contribution in [0.2, 0.25) is 0 Å². The van der Waals surface area contributed by atoms with Gasteiger partial charge in [-0.15, -0.1) is 0 Å². The molecule has 1 aromatic heterocycles. The second kappa shape index (κ2) is 7.05. The van der Waals surface area contributed by atoms with E-state index < -0.39 is 12.1 Å². The lowest BCUT2D eigenvalue weighted by Crippen LogP contribution is -2.37. The number of hydrogen-bond acceptors (Lipinski definition) is 4. The predicted molar refractivity (Wildman–Crippen MR) is 92.2 cm³/mol. The van der Waals surface area contributed by atoms with Crippen molar-refractivity contribution in [3.05, 3.63) is 47.3 Å². The Balaban J connectivity index is 2.03. The summed E-state index contributed by atoms with van der Waals surface area (Å²) in [5.41, 5.74) is 1.80. The number of amides is 1. The first-order valence-electron chi connectivity index (χ1n) is 7.91. The van der Waals surface area contributed by atoms with Crippen LogP contribution in [0, 0.1) is 0 Å². The highest BCUT2D eigenvalue weighted by molar-refractivity contribution is 5.92. The van der Waals surface area contributed by atoms with Gasteiger partial charge in [0.2, 0.25) is 0 Å². The summed E-state index contributed by atoms with van der Waals surface area (Å²) in [7, 11) is 1.59. The molecule has 6 nitrogen and oxygen atoms in total. The molecule has 1 heterocycles. The molecule has 3 N–H and O–H groups in total. The molecule has 24 heavy (non-hydrogen) atoms. The highest BCUT2D eigenvalue weighted by atomic mass is 16.5. The number of aliphatic hydroxyl groups is 1. The lowest BCUT2D eigenvalue weighted by Gasteiger charge is -2.20. The first kappa shape index (κ1) is 18.0. The van der Waals surface area contributed by atoms with Crippen molar-refractivity contribution in [1.29, 1.82) is 0 Å². The number of aromatic amines is 1. The van der Waals surface area contributed by atoms with Crippen LogP contribution in [0.25, 0.3) is 0 Å². The fourth-order valence-electron chi connectivity index (χ4n) is 2.27. The zero-order valence-corrected chi connectivity index (χ0v) is 14.8. The molecule has 2 atom stereocenters. The number of aliphatic hydroxyl groups excluding tert-OH is 1. The van der Waals surface area contributed by atoms with Crippen molar-refractivity contribution >= 4 is 5.91 Å². The average Bonchev–Trinajstić information content (AvgIpc) is 3.04. The molecule has 2 aromatic rings. The molecule has 130 valence electrons. The van der Waals surface area contributed by atoms with Crippen LogP contribution >= 0.6 is 0 Å². The minimum absolute atomic E-state index is 0.111. The van der Waals surface area contributed by atoms with Crippen LogP contribution in [-0.2, 0) is 5.41 Å². The number of ether oxygens (including phenoxy) is 1. The Bertz CT molecular complexity index is 686. The molecule has 1 amide bonds. The summed E-state index contributed by atoms with van der Waals surface area (Å²) < 4.78 is 5.10. The number of hydrogen-bond donors (Lipinski definition) is 3. The number of methoxy groups -OCH3 is 1. The maximum atomic E-state index is 12.3. The maximum absolute atomic E-state index is 12.3. The van der Waals surface area contributed by atoms with E-state index >= 15 is 0 Å². The van der Waals surface area contributed by atoms with Crippen molar-refractivity contribution in [2.75, 3.05) is 7.11 Å². The maximum Gasteiger partial charge on any atom is 0.272 e. The molecule has 0 aliphatic carbocycles. The van der Waals surface area contributed by atoms with E-state index in [1.807, 2.05) is 20.8 Å². The summed E-state index contributed by atoms with van der Waals surface area (Å²) in [6.07, 6.45) is -0.819. The summed E-state index contributed by atoms with van der Waals surface area (Å²) in [6.45, 7) is 7.87. The fraction of sp³-hybridized carbons (Fsp3) is 0.444. The van der Waals surface area contributed by atoms with E-state index in [-0.39, 0.29) is 11.3 Å². The van der Waals surface area contributed by atoms with Gasteiger partial charge in [0, 0.05) is 11.1 Å². The highest BCUT2D eigenvalue weighted by Gasteiger charge is 2.23. The molecule has 0 spiro atoms. The molecule has 0 bridgehead atoms. The van der Waals surface area contributed by atoms with Gasteiger partial charge in [-0.05, 0) is 30.7 Å². The minimum atomic E-state index is -0.819. The summed E-state index contributed by atoms with van der Waals surface area (Å²) in [5, 5.41) is 20.1. The predicted octanol–water partition coefficient (Wildman–Crippen LogP) is 2.57. The van der Waals surface area contributed by atoms with Gasteiger partial charge in [0.15, 0.2) is 0 Å². The summed E-state index contributed by atoms with van der Waals surface area (Å²) in [6, 6.07) is 8.38. The van der Waals surface area contributed by atoms with E-state index in [0.717, 1.165) is 5.69 Å². The standard InChI is InChI=1S/C18H25N3O3/c1-11(16(22)12-6-8-13(24-5)9-7-12)19-17(23)14-10-15(21-20-14)18(2,3)4/h6-11,16,22H,1-5H3,(H,19,23)(H,20,21). The number of H-pyrrole nitrogens is 1. The summed E-state index contributed by atoms with van der Waals surface area (Å²) in [4.78, 5) is 12.3.